The number of H-pyrrole nitrogens is 1. The number of pyridine rings is 1. The van der Waals surface area contributed by atoms with Crippen molar-refractivity contribution in [3.05, 3.63) is 65.2 Å². The van der Waals surface area contributed by atoms with Gasteiger partial charge in [0.05, 0.1) is 29.4 Å². The Hall–Kier alpha value is -3.11. The number of aromatic nitrogens is 3. The molecular formula is C24H18ClF2N3O4. The molecule has 7 nitrogen and oxygen atoms in total. The van der Waals surface area contributed by atoms with Gasteiger partial charge in [-0.25, -0.2) is 13.8 Å². The van der Waals surface area contributed by atoms with Gasteiger partial charge in [0, 0.05) is 11.1 Å². The van der Waals surface area contributed by atoms with E-state index >= 15 is 0 Å². The predicted molar refractivity (Wildman–Crippen MR) is 120 cm³/mol. The van der Waals surface area contributed by atoms with Gasteiger partial charge in [0.15, 0.2) is 23.4 Å². The third-order valence-electron chi connectivity index (χ3n) is 6.07. The van der Waals surface area contributed by atoms with Crippen LogP contribution < -0.4 is 4.74 Å². The molecule has 0 aliphatic carbocycles. The lowest BCUT2D eigenvalue weighted by Crippen LogP contribution is -2.34. The first-order valence-corrected chi connectivity index (χ1v) is 11.0. The summed E-state index contributed by atoms with van der Waals surface area (Å²) >= 11 is 6.48. The summed E-state index contributed by atoms with van der Waals surface area (Å²) in [4.78, 5) is 12.0. The second-order valence-electron chi connectivity index (χ2n) is 8.23. The summed E-state index contributed by atoms with van der Waals surface area (Å²) in [6.07, 6.45) is -1.84. The van der Waals surface area contributed by atoms with E-state index in [0.29, 0.717) is 33.0 Å². The van der Waals surface area contributed by atoms with Crippen LogP contribution in [0.25, 0.3) is 33.5 Å². The molecule has 2 saturated heterocycles. The molecule has 34 heavy (non-hydrogen) atoms. The molecule has 0 saturated carbocycles. The van der Waals surface area contributed by atoms with Crippen LogP contribution in [0.2, 0.25) is 5.02 Å². The highest BCUT2D eigenvalue weighted by Gasteiger charge is 2.48. The molecule has 0 amide bonds. The summed E-state index contributed by atoms with van der Waals surface area (Å²) in [6, 6.07) is 12.8. The predicted octanol–water partition coefficient (Wildman–Crippen LogP) is 4.13. The van der Waals surface area contributed by atoms with Crippen molar-refractivity contribution in [1.29, 1.82) is 0 Å². The molecule has 2 aromatic heterocycles. The number of fused-ring (bicyclic) bond motifs is 2. The van der Waals surface area contributed by atoms with Crippen LogP contribution in [0.4, 0.5) is 8.78 Å². The van der Waals surface area contributed by atoms with Crippen LogP contribution in [-0.2, 0) is 9.47 Å². The molecule has 2 fully saturated rings. The number of nitrogens with zero attached hydrogens (tertiary/aromatic N) is 2. The summed E-state index contributed by atoms with van der Waals surface area (Å²) in [6.45, 7) is 0.488. The number of aromatic amines is 1. The molecule has 0 unspecified atom stereocenters. The molecule has 2 N–H and O–H groups in total. The Kier molecular flexibility index (Phi) is 5.22. The van der Waals surface area contributed by atoms with E-state index in [-0.39, 0.29) is 30.9 Å². The molecule has 2 aliphatic heterocycles. The van der Waals surface area contributed by atoms with Gasteiger partial charge in [0.25, 0.3) is 6.01 Å². The van der Waals surface area contributed by atoms with E-state index in [1.54, 1.807) is 30.3 Å². The maximum absolute atomic E-state index is 14.1. The van der Waals surface area contributed by atoms with Gasteiger partial charge in [-0.3, -0.25) is 0 Å². The smallest absolute Gasteiger partial charge is 0.296 e. The van der Waals surface area contributed by atoms with E-state index in [4.69, 9.17) is 25.8 Å². The lowest BCUT2D eigenvalue weighted by atomic mass is 10.0. The molecule has 0 radical (unpaired) electrons. The number of aliphatic hydroxyl groups is 1. The molecule has 0 spiro atoms. The van der Waals surface area contributed by atoms with Gasteiger partial charge in [-0.2, -0.15) is 4.98 Å². The molecule has 174 valence electrons. The highest BCUT2D eigenvalue weighted by molar-refractivity contribution is 6.33. The largest absolute Gasteiger partial charge is 0.456 e. The van der Waals surface area contributed by atoms with Crippen molar-refractivity contribution >= 4 is 22.8 Å². The fraction of sp³-hybridized carbons (Fsp3) is 0.250. The van der Waals surface area contributed by atoms with Crippen molar-refractivity contribution in [2.45, 2.75) is 24.4 Å². The Bertz CT molecular complexity index is 1380. The average Bonchev–Trinajstić information content (AvgIpc) is 3.52. The van der Waals surface area contributed by atoms with E-state index in [2.05, 4.69) is 15.0 Å². The monoisotopic (exact) mass is 485 g/mol. The van der Waals surface area contributed by atoms with Crippen molar-refractivity contribution in [1.82, 2.24) is 15.0 Å². The second kappa shape index (κ2) is 8.28. The van der Waals surface area contributed by atoms with Gasteiger partial charge < -0.3 is 24.3 Å². The summed E-state index contributed by atoms with van der Waals surface area (Å²) in [5.41, 5.74) is 2.88. The molecule has 10 heteroatoms. The summed E-state index contributed by atoms with van der Waals surface area (Å²) in [5, 5.41) is 10.3. The van der Waals surface area contributed by atoms with Gasteiger partial charge in [0.1, 0.15) is 18.3 Å². The zero-order valence-electron chi connectivity index (χ0n) is 17.5. The van der Waals surface area contributed by atoms with E-state index in [1.807, 2.05) is 0 Å². The van der Waals surface area contributed by atoms with Crippen LogP contribution in [0.5, 0.6) is 6.01 Å². The average molecular weight is 486 g/mol. The number of hydrogen-bond acceptors (Lipinski definition) is 6. The minimum Gasteiger partial charge on any atom is -0.456 e. The normalized spacial score (nSPS) is 24.0. The van der Waals surface area contributed by atoms with Crippen LogP contribution in [-0.4, -0.2) is 57.7 Å². The van der Waals surface area contributed by atoms with Crippen molar-refractivity contribution < 1.29 is 28.1 Å². The number of halogens is 3. The molecule has 4 heterocycles. The van der Waals surface area contributed by atoms with Crippen molar-refractivity contribution in [2.75, 3.05) is 13.2 Å². The Morgan fingerprint density at radius 3 is 2.59 bits per heavy atom. The lowest BCUT2D eigenvalue weighted by Gasteiger charge is -2.15. The highest BCUT2D eigenvalue weighted by Crippen LogP contribution is 2.33. The lowest BCUT2D eigenvalue weighted by molar-refractivity contribution is 0.00706. The number of rotatable bonds is 4. The number of hydrogen-bond donors (Lipinski definition) is 2. The molecule has 6 rings (SSSR count). The van der Waals surface area contributed by atoms with E-state index in [9.17, 15) is 13.9 Å². The first-order valence-electron chi connectivity index (χ1n) is 10.7. The van der Waals surface area contributed by atoms with Crippen LogP contribution in [0, 0.1) is 11.6 Å². The van der Waals surface area contributed by atoms with Crippen molar-refractivity contribution in [3.63, 3.8) is 0 Å². The number of aliphatic hydroxyl groups excluding tert-OH is 1. The molecule has 0 bridgehead atoms. The Balaban J connectivity index is 1.27. The second-order valence-corrected chi connectivity index (χ2v) is 8.64. The third kappa shape index (κ3) is 3.61. The van der Waals surface area contributed by atoms with Gasteiger partial charge >= 0.3 is 0 Å². The quantitative estimate of drug-likeness (QED) is 0.452. The summed E-state index contributed by atoms with van der Waals surface area (Å²) < 4.78 is 44.8. The molecule has 4 aromatic rings. The zero-order valence-corrected chi connectivity index (χ0v) is 18.3. The van der Waals surface area contributed by atoms with E-state index < -0.39 is 29.9 Å². The molecule has 4 atom stereocenters. The fourth-order valence-corrected chi connectivity index (χ4v) is 4.64. The van der Waals surface area contributed by atoms with E-state index in [0.717, 1.165) is 6.07 Å². The molecular weight excluding hydrogens is 468 g/mol. The Labute approximate surface area is 197 Å². The van der Waals surface area contributed by atoms with Crippen molar-refractivity contribution in [2.24, 2.45) is 0 Å². The number of imidazole rings is 1. The van der Waals surface area contributed by atoms with Crippen LogP contribution >= 0.6 is 11.6 Å². The standard InChI is InChI=1S/C24H18ClF2N3O4/c25-14-8-16-23(30-24(28-16)34-18-10-33-21-17(31)9-32-22(18)21)29-20(14)12-6-4-11(5-7-12)13-2-1-3-15(26)19(13)27/h1-8,17-18,21-22,31H,9-10H2,(H,28,29,30)/t17-,18-,21-,22-/m1/s1. The topological polar surface area (TPSA) is 89.5 Å². The number of ether oxygens (including phenoxy) is 3. The van der Waals surface area contributed by atoms with Gasteiger partial charge in [-0.15, -0.1) is 0 Å². The first kappa shape index (κ1) is 21.4. The van der Waals surface area contributed by atoms with E-state index in [1.165, 1.54) is 12.1 Å². The van der Waals surface area contributed by atoms with Crippen LogP contribution in [0.15, 0.2) is 48.5 Å². The van der Waals surface area contributed by atoms with Crippen LogP contribution in [0.3, 0.4) is 0 Å². The Morgan fingerprint density at radius 1 is 1.00 bits per heavy atom. The molecule has 2 aromatic carbocycles. The van der Waals surface area contributed by atoms with Gasteiger partial charge in [-0.1, -0.05) is 48.0 Å². The highest BCUT2D eigenvalue weighted by atomic mass is 35.5. The summed E-state index contributed by atoms with van der Waals surface area (Å²) in [7, 11) is 0. The number of benzene rings is 2. The van der Waals surface area contributed by atoms with Gasteiger partial charge in [0.2, 0.25) is 0 Å². The SMILES string of the molecule is O[C@@H]1CO[C@H]2[C@@H]1OC[C@H]2Oc1nc2nc(-c3ccc(-c4cccc(F)c4F)cc3)c(Cl)cc2[nH]1. The maximum atomic E-state index is 14.1. The van der Waals surface area contributed by atoms with Crippen LogP contribution in [0.1, 0.15) is 0 Å². The fourth-order valence-electron chi connectivity index (χ4n) is 4.38. The minimum atomic E-state index is -0.899. The minimum absolute atomic E-state index is 0.173. The zero-order chi connectivity index (χ0) is 23.4. The molecule has 2 aliphatic rings. The first-order chi connectivity index (χ1) is 16.5. The van der Waals surface area contributed by atoms with Crippen molar-refractivity contribution in [3.8, 4) is 28.4 Å². The third-order valence-corrected chi connectivity index (χ3v) is 6.36. The van der Waals surface area contributed by atoms with Gasteiger partial charge in [-0.05, 0) is 17.7 Å². The Morgan fingerprint density at radius 2 is 1.76 bits per heavy atom. The maximum Gasteiger partial charge on any atom is 0.296 e. The number of nitrogens with one attached hydrogen (secondary N) is 1. The summed E-state index contributed by atoms with van der Waals surface area (Å²) in [5.74, 6) is -1.79.